The fraction of sp³-hybridized carbons (Fsp3) is 0.350. The molecule has 2 aliphatic carbocycles. The lowest BCUT2D eigenvalue weighted by Gasteiger charge is -2.17. The summed E-state index contributed by atoms with van der Waals surface area (Å²) in [5.74, 6) is -2.38. The first-order valence-electron chi connectivity index (χ1n) is 8.79. The van der Waals surface area contributed by atoms with Gasteiger partial charge in [0.2, 0.25) is 0 Å². The normalized spacial score (nSPS) is 23.2. The Kier molecular flexibility index (Phi) is 4.44. The highest BCUT2D eigenvalue weighted by atomic mass is 19.4. The predicted molar refractivity (Wildman–Crippen MR) is 89.7 cm³/mol. The van der Waals surface area contributed by atoms with Crippen LogP contribution in [0.3, 0.4) is 0 Å². The van der Waals surface area contributed by atoms with Gasteiger partial charge in [-0.25, -0.2) is 4.39 Å². The van der Waals surface area contributed by atoms with Crippen LogP contribution in [0.1, 0.15) is 41.6 Å². The van der Waals surface area contributed by atoms with Crippen molar-refractivity contribution in [3.63, 3.8) is 0 Å². The van der Waals surface area contributed by atoms with Crippen molar-refractivity contribution < 1.29 is 36.9 Å². The van der Waals surface area contributed by atoms with Gasteiger partial charge >= 0.3 is 12.3 Å². The topological polar surface area (TPSA) is 55.8 Å². The number of rotatable bonds is 5. The Morgan fingerprint density at radius 3 is 2.57 bits per heavy atom. The molecule has 2 aliphatic rings. The Balaban J connectivity index is 1.51. The maximum Gasteiger partial charge on any atom is 0.573 e. The minimum Gasteiger partial charge on any atom is -0.486 e. The largest absolute Gasteiger partial charge is 0.573 e. The van der Waals surface area contributed by atoms with Crippen molar-refractivity contribution in [1.29, 1.82) is 0 Å². The molecule has 28 heavy (non-hydrogen) atoms. The molecule has 1 fully saturated rings. The molecule has 3 unspecified atom stereocenters. The zero-order valence-electron chi connectivity index (χ0n) is 14.5. The fourth-order valence-electron chi connectivity index (χ4n) is 3.78. The van der Waals surface area contributed by atoms with E-state index in [0.717, 1.165) is 0 Å². The molecule has 0 bridgehead atoms. The maximum atomic E-state index is 14.4. The van der Waals surface area contributed by atoms with Crippen molar-refractivity contribution in [2.24, 2.45) is 5.92 Å². The molecule has 8 heteroatoms. The lowest BCUT2D eigenvalue weighted by atomic mass is 10.1. The standard InChI is InChI=1S/C20H16F4O4/c21-16-8-10(4-5-11(16)14-9-15(14)19(25)26)27-17-7-6-13-12(17)2-1-3-18(13)28-20(22,23)24/h1-5,8,14-15,17H,6-7,9H2,(H,25,26). The van der Waals surface area contributed by atoms with E-state index in [4.69, 9.17) is 9.84 Å². The van der Waals surface area contributed by atoms with Gasteiger partial charge in [0.25, 0.3) is 0 Å². The minimum absolute atomic E-state index is 0.244. The number of ether oxygens (including phenoxy) is 2. The number of carbonyl (C=O) groups is 1. The van der Waals surface area contributed by atoms with E-state index in [1.54, 1.807) is 12.1 Å². The summed E-state index contributed by atoms with van der Waals surface area (Å²) in [6.45, 7) is 0. The van der Waals surface area contributed by atoms with E-state index < -0.39 is 30.2 Å². The molecule has 0 amide bonds. The molecule has 0 saturated heterocycles. The van der Waals surface area contributed by atoms with Gasteiger partial charge in [-0.1, -0.05) is 18.2 Å². The molecule has 2 aromatic rings. The number of carboxylic acids is 1. The summed E-state index contributed by atoms with van der Waals surface area (Å²) in [6, 6.07) is 8.66. The molecule has 4 nitrogen and oxygen atoms in total. The van der Waals surface area contributed by atoms with Crippen molar-refractivity contribution in [3.8, 4) is 11.5 Å². The van der Waals surface area contributed by atoms with Gasteiger partial charge in [-0.05, 0) is 42.5 Å². The Labute approximate surface area is 157 Å². The zero-order chi connectivity index (χ0) is 20.1. The van der Waals surface area contributed by atoms with Gasteiger partial charge < -0.3 is 14.6 Å². The Morgan fingerprint density at radius 1 is 1.14 bits per heavy atom. The summed E-state index contributed by atoms with van der Waals surface area (Å²) >= 11 is 0. The van der Waals surface area contributed by atoms with Crippen molar-refractivity contribution in [2.45, 2.75) is 37.6 Å². The molecule has 1 saturated carbocycles. The number of benzene rings is 2. The smallest absolute Gasteiger partial charge is 0.486 e. The second kappa shape index (κ2) is 6.68. The van der Waals surface area contributed by atoms with Crippen LogP contribution in [0.2, 0.25) is 0 Å². The lowest BCUT2D eigenvalue weighted by molar-refractivity contribution is -0.274. The van der Waals surface area contributed by atoms with Crippen molar-refractivity contribution in [2.75, 3.05) is 0 Å². The first kappa shape index (κ1) is 18.6. The number of aliphatic carboxylic acids is 1. The van der Waals surface area contributed by atoms with Gasteiger partial charge in [0.05, 0.1) is 5.92 Å². The molecule has 3 atom stereocenters. The average Bonchev–Trinajstić information content (AvgIpc) is 3.29. The van der Waals surface area contributed by atoms with E-state index in [1.165, 1.54) is 24.3 Å². The summed E-state index contributed by atoms with van der Waals surface area (Å²) in [5, 5.41) is 8.98. The summed E-state index contributed by atoms with van der Waals surface area (Å²) in [7, 11) is 0. The number of halogens is 4. The Hall–Kier alpha value is -2.77. The van der Waals surface area contributed by atoms with Gasteiger partial charge in [-0.2, -0.15) is 0 Å². The number of fused-ring (bicyclic) bond motifs is 1. The highest BCUT2D eigenvalue weighted by Gasteiger charge is 2.45. The van der Waals surface area contributed by atoms with Crippen LogP contribution in [-0.2, 0) is 11.2 Å². The van der Waals surface area contributed by atoms with Crippen LogP contribution in [-0.4, -0.2) is 17.4 Å². The van der Waals surface area contributed by atoms with Crippen LogP contribution >= 0.6 is 0 Å². The number of hydrogen-bond donors (Lipinski definition) is 1. The lowest BCUT2D eigenvalue weighted by Crippen LogP contribution is -2.18. The molecule has 0 aliphatic heterocycles. The SMILES string of the molecule is O=C(O)C1CC1c1ccc(OC2CCc3c(OC(F)(F)F)cccc32)cc1F. The molecular weight excluding hydrogens is 380 g/mol. The molecule has 2 aromatic carbocycles. The fourth-order valence-corrected chi connectivity index (χ4v) is 3.78. The molecule has 0 heterocycles. The van der Waals surface area contributed by atoms with Crippen LogP contribution < -0.4 is 9.47 Å². The third-order valence-corrected chi connectivity index (χ3v) is 5.16. The van der Waals surface area contributed by atoms with E-state index in [2.05, 4.69) is 4.74 Å². The van der Waals surface area contributed by atoms with E-state index in [9.17, 15) is 22.4 Å². The highest BCUT2D eigenvalue weighted by Crippen LogP contribution is 2.49. The minimum atomic E-state index is -4.77. The average molecular weight is 396 g/mol. The predicted octanol–water partition coefficient (Wildman–Crippen LogP) is 4.98. The van der Waals surface area contributed by atoms with Gasteiger partial charge in [0, 0.05) is 17.5 Å². The quantitative estimate of drug-likeness (QED) is 0.725. The Morgan fingerprint density at radius 2 is 1.93 bits per heavy atom. The van der Waals surface area contributed by atoms with Gasteiger partial charge in [0.15, 0.2) is 0 Å². The van der Waals surface area contributed by atoms with Crippen molar-refractivity contribution >= 4 is 5.97 Å². The summed E-state index contributed by atoms with van der Waals surface area (Å²) < 4.78 is 61.9. The van der Waals surface area contributed by atoms with E-state index >= 15 is 0 Å². The third-order valence-electron chi connectivity index (χ3n) is 5.16. The molecule has 4 rings (SSSR count). The highest BCUT2D eigenvalue weighted by molar-refractivity contribution is 5.75. The summed E-state index contributed by atoms with van der Waals surface area (Å²) in [4.78, 5) is 11.0. The second-order valence-corrected chi connectivity index (χ2v) is 6.99. The zero-order valence-corrected chi connectivity index (χ0v) is 14.5. The third kappa shape index (κ3) is 3.63. The molecule has 0 radical (unpaired) electrons. The molecule has 0 spiro atoms. The van der Waals surface area contributed by atoms with E-state index in [-0.39, 0.29) is 17.4 Å². The Bertz CT molecular complexity index is 925. The first-order valence-corrected chi connectivity index (χ1v) is 8.79. The number of alkyl halides is 3. The number of carboxylic acid groups (broad SMARTS) is 1. The summed E-state index contributed by atoms with van der Waals surface area (Å²) in [6.07, 6.45) is -4.08. The first-order chi connectivity index (χ1) is 13.2. The van der Waals surface area contributed by atoms with Crippen molar-refractivity contribution in [3.05, 3.63) is 58.9 Å². The summed E-state index contributed by atoms with van der Waals surface area (Å²) in [5.41, 5.74) is 1.36. The molecule has 0 aromatic heterocycles. The molecule has 148 valence electrons. The van der Waals surface area contributed by atoms with E-state index in [1.807, 2.05) is 0 Å². The van der Waals surface area contributed by atoms with Crippen LogP contribution in [0.15, 0.2) is 36.4 Å². The van der Waals surface area contributed by atoms with Gasteiger partial charge in [-0.3, -0.25) is 4.79 Å². The van der Waals surface area contributed by atoms with Crippen LogP contribution in [0.4, 0.5) is 17.6 Å². The van der Waals surface area contributed by atoms with E-state index in [0.29, 0.717) is 36.0 Å². The van der Waals surface area contributed by atoms with Gasteiger partial charge in [0.1, 0.15) is 23.4 Å². The monoisotopic (exact) mass is 396 g/mol. The van der Waals surface area contributed by atoms with Crippen LogP contribution in [0.25, 0.3) is 0 Å². The second-order valence-electron chi connectivity index (χ2n) is 6.99. The van der Waals surface area contributed by atoms with Crippen LogP contribution in [0.5, 0.6) is 11.5 Å². The molecule has 1 N–H and O–H groups in total. The van der Waals surface area contributed by atoms with Crippen molar-refractivity contribution in [1.82, 2.24) is 0 Å². The number of hydrogen-bond acceptors (Lipinski definition) is 3. The molecular formula is C20H16F4O4. The van der Waals surface area contributed by atoms with Gasteiger partial charge in [-0.15, -0.1) is 13.2 Å². The van der Waals surface area contributed by atoms with Crippen LogP contribution in [0, 0.1) is 11.7 Å². The maximum absolute atomic E-state index is 14.4.